The highest BCUT2D eigenvalue weighted by Crippen LogP contribution is 2.31. The summed E-state index contributed by atoms with van der Waals surface area (Å²) in [6, 6.07) is 3.87. The van der Waals surface area contributed by atoms with Gasteiger partial charge in [0.05, 0.1) is 0 Å². The van der Waals surface area contributed by atoms with Crippen LogP contribution >= 0.6 is 0 Å². The molecule has 1 aromatic carbocycles. The number of carbonyl (C=O) groups excluding carboxylic acids is 3. The Kier molecular flexibility index (Phi) is 12.8. The second-order valence-corrected chi connectivity index (χ2v) is 12.4. The summed E-state index contributed by atoms with van der Waals surface area (Å²) < 4.78 is 5.51. The minimum atomic E-state index is -0.837. The summed E-state index contributed by atoms with van der Waals surface area (Å²) in [7, 11) is 0. The lowest BCUT2D eigenvalue weighted by Crippen LogP contribution is -2.57. The molecule has 4 atom stereocenters. The number of alkyl carbamates (subject to hydrolysis) is 1. The van der Waals surface area contributed by atoms with Crippen LogP contribution in [0.2, 0.25) is 0 Å². The Morgan fingerprint density at radius 2 is 1.55 bits per heavy atom. The predicted molar refractivity (Wildman–Crippen MR) is 155 cm³/mol. The highest BCUT2D eigenvalue weighted by molar-refractivity contribution is 5.93. The van der Waals surface area contributed by atoms with Crippen molar-refractivity contribution in [1.82, 2.24) is 15.5 Å². The second-order valence-electron chi connectivity index (χ2n) is 12.4. The zero-order valence-electron chi connectivity index (χ0n) is 25.9. The van der Waals surface area contributed by atoms with Gasteiger partial charge in [-0.25, -0.2) is 4.79 Å². The van der Waals surface area contributed by atoms with Gasteiger partial charge in [-0.1, -0.05) is 52.3 Å². The van der Waals surface area contributed by atoms with Gasteiger partial charge >= 0.3 is 6.09 Å². The Labute approximate surface area is 231 Å². The molecule has 4 unspecified atom stereocenters. The highest BCUT2D eigenvalue weighted by atomic mass is 16.6. The molecule has 38 heavy (non-hydrogen) atoms. The van der Waals surface area contributed by atoms with Crippen molar-refractivity contribution in [3.8, 4) is 0 Å². The number of benzene rings is 1. The number of carbonyl (C=O) groups is 3. The molecule has 0 saturated heterocycles. The minimum absolute atomic E-state index is 0.0942. The quantitative estimate of drug-likeness (QED) is 0.324. The van der Waals surface area contributed by atoms with Crippen molar-refractivity contribution in [2.24, 2.45) is 11.8 Å². The van der Waals surface area contributed by atoms with Gasteiger partial charge in [0.15, 0.2) is 0 Å². The largest absolute Gasteiger partial charge is 0.444 e. The number of nitrogens with zero attached hydrogens (tertiary/aromatic N) is 1. The second kappa shape index (κ2) is 14.5. The topological polar surface area (TPSA) is 87.7 Å². The monoisotopic (exact) mass is 531 g/mol. The van der Waals surface area contributed by atoms with E-state index in [1.165, 1.54) is 0 Å². The number of rotatable bonds is 12. The van der Waals surface area contributed by atoms with E-state index >= 15 is 0 Å². The van der Waals surface area contributed by atoms with Crippen LogP contribution in [0.3, 0.4) is 0 Å². The predicted octanol–water partition coefficient (Wildman–Crippen LogP) is 6.46. The molecule has 0 aliphatic heterocycles. The van der Waals surface area contributed by atoms with Crippen LogP contribution in [0, 0.1) is 25.7 Å². The maximum atomic E-state index is 14.5. The van der Waals surface area contributed by atoms with Crippen LogP contribution in [0.1, 0.15) is 111 Å². The smallest absolute Gasteiger partial charge is 0.408 e. The number of aryl methyl sites for hydroxylation is 1. The average molecular weight is 532 g/mol. The lowest BCUT2D eigenvalue weighted by molar-refractivity contribution is -0.146. The summed E-state index contributed by atoms with van der Waals surface area (Å²) in [4.78, 5) is 42.9. The summed E-state index contributed by atoms with van der Waals surface area (Å²) in [5, 5.41) is 5.90. The third-order valence-corrected chi connectivity index (χ3v) is 6.94. The van der Waals surface area contributed by atoms with E-state index in [9.17, 15) is 14.4 Å². The first kappa shape index (κ1) is 33.5. The molecule has 1 rings (SSSR count). The number of hydrogen-bond donors (Lipinski definition) is 2. The fourth-order valence-electron chi connectivity index (χ4n) is 4.44. The number of amides is 3. The summed E-state index contributed by atoms with van der Waals surface area (Å²) >= 11 is 0. The number of hydrogen-bond acceptors (Lipinski definition) is 4. The molecule has 7 heteroatoms. The molecule has 1 aromatic rings. The van der Waals surface area contributed by atoms with Crippen molar-refractivity contribution in [2.45, 2.75) is 132 Å². The molecule has 216 valence electrons. The summed E-state index contributed by atoms with van der Waals surface area (Å²) in [6.45, 7) is 23.4. The third-order valence-electron chi connectivity index (χ3n) is 6.94. The van der Waals surface area contributed by atoms with Crippen molar-refractivity contribution >= 4 is 17.9 Å². The standard InChI is InChI=1S/C31H53N3O4/c1-13-21(6)26(33-30(37)38-31(10,11)12)29(36)34(23(8)18-17-19(2)3)27(28(35)32-20(4)5)25-16-14-15-22(7)24(25)9/h14-16,19-21,23,26-27H,13,17-18H2,1-12H3,(H,32,35)(H,33,37). The van der Waals surface area contributed by atoms with E-state index in [0.717, 1.165) is 29.5 Å². The zero-order valence-corrected chi connectivity index (χ0v) is 25.9. The fourth-order valence-corrected chi connectivity index (χ4v) is 4.44. The molecule has 0 bridgehead atoms. The van der Waals surface area contributed by atoms with Gasteiger partial charge in [-0.15, -0.1) is 0 Å². The van der Waals surface area contributed by atoms with Crippen LogP contribution in [-0.2, 0) is 14.3 Å². The van der Waals surface area contributed by atoms with E-state index in [1.54, 1.807) is 25.7 Å². The Morgan fingerprint density at radius 3 is 2.05 bits per heavy atom. The molecule has 0 heterocycles. The van der Waals surface area contributed by atoms with Crippen LogP contribution in [0.15, 0.2) is 18.2 Å². The van der Waals surface area contributed by atoms with Gasteiger partial charge < -0.3 is 20.3 Å². The summed E-state index contributed by atoms with van der Waals surface area (Å²) in [6.07, 6.45) is 1.68. The SMILES string of the molecule is CCC(C)C(NC(=O)OC(C)(C)C)C(=O)N(C(C)CCC(C)C)C(C(=O)NC(C)C)c1cccc(C)c1C. The van der Waals surface area contributed by atoms with Gasteiger partial charge in [0.1, 0.15) is 17.7 Å². The molecule has 0 aromatic heterocycles. The van der Waals surface area contributed by atoms with Crippen LogP contribution < -0.4 is 10.6 Å². The number of nitrogens with one attached hydrogen (secondary N) is 2. The van der Waals surface area contributed by atoms with Crippen LogP contribution in [0.4, 0.5) is 4.79 Å². The molecule has 0 fully saturated rings. The molecule has 7 nitrogen and oxygen atoms in total. The molecule has 2 N–H and O–H groups in total. The molecule has 0 aliphatic rings. The number of ether oxygens (including phenoxy) is 1. The van der Waals surface area contributed by atoms with Gasteiger partial charge in [0.25, 0.3) is 0 Å². The van der Waals surface area contributed by atoms with Gasteiger partial charge in [0, 0.05) is 12.1 Å². The maximum absolute atomic E-state index is 14.5. The lowest BCUT2D eigenvalue weighted by atomic mass is 9.91. The average Bonchev–Trinajstić information content (AvgIpc) is 2.78. The van der Waals surface area contributed by atoms with E-state index < -0.39 is 23.8 Å². The first-order chi connectivity index (χ1) is 17.5. The zero-order chi connectivity index (χ0) is 29.4. The van der Waals surface area contributed by atoms with Gasteiger partial charge in [-0.3, -0.25) is 9.59 Å². The van der Waals surface area contributed by atoms with Crippen LogP contribution in [-0.4, -0.2) is 46.5 Å². The van der Waals surface area contributed by atoms with E-state index in [4.69, 9.17) is 4.74 Å². The normalized spacial score (nSPS) is 15.0. The van der Waals surface area contributed by atoms with E-state index in [-0.39, 0.29) is 29.8 Å². The first-order valence-electron chi connectivity index (χ1n) is 14.2. The molecule has 0 radical (unpaired) electrons. The molecular formula is C31H53N3O4. The fraction of sp³-hybridized carbons (Fsp3) is 0.710. The van der Waals surface area contributed by atoms with E-state index in [1.807, 2.05) is 66.7 Å². The molecular weight excluding hydrogens is 478 g/mol. The van der Waals surface area contributed by atoms with Crippen LogP contribution in [0.25, 0.3) is 0 Å². The Balaban J connectivity index is 3.73. The molecule has 3 amide bonds. The van der Waals surface area contributed by atoms with Crippen molar-refractivity contribution in [3.05, 3.63) is 34.9 Å². The Morgan fingerprint density at radius 1 is 0.947 bits per heavy atom. The maximum Gasteiger partial charge on any atom is 0.408 e. The van der Waals surface area contributed by atoms with Crippen LogP contribution in [0.5, 0.6) is 0 Å². The molecule has 0 aliphatic carbocycles. The van der Waals surface area contributed by atoms with Crippen molar-refractivity contribution in [3.63, 3.8) is 0 Å². The van der Waals surface area contributed by atoms with Gasteiger partial charge in [0.2, 0.25) is 11.8 Å². The van der Waals surface area contributed by atoms with E-state index in [2.05, 4.69) is 24.5 Å². The highest BCUT2D eigenvalue weighted by Gasteiger charge is 2.41. The van der Waals surface area contributed by atoms with Gasteiger partial charge in [-0.2, -0.15) is 0 Å². The third kappa shape index (κ3) is 9.95. The first-order valence-corrected chi connectivity index (χ1v) is 14.2. The molecule has 0 spiro atoms. The lowest BCUT2D eigenvalue weighted by Gasteiger charge is -2.40. The van der Waals surface area contributed by atoms with E-state index in [0.29, 0.717) is 12.3 Å². The molecule has 0 saturated carbocycles. The van der Waals surface area contributed by atoms with Crippen molar-refractivity contribution in [2.75, 3.05) is 0 Å². The van der Waals surface area contributed by atoms with Gasteiger partial charge in [-0.05, 0) is 96.8 Å². The summed E-state index contributed by atoms with van der Waals surface area (Å²) in [5.74, 6) is -0.213. The Hall–Kier alpha value is -2.57. The minimum Gasteiger partial charge on any atom is -0.444 e. The van der Waals surface area contributed by atoms with Crippen molar-refractivity contribution in [1.29, 1.82) is 0 Å². The summed E-state index contributed by atoms with van der Waals surface area (Å²) in [5.41, 5.74) is 2.13. The Bertz CT molecular complexity index is 936. The van der Waals surface area contributed by atoms with Crippen molar-refractivity contribution < 1.29 is 19.1 Å².